The average molecular weight is 313 g/mol. The maximum Gasteiger partial charge on any atom is 0.296 e. The van der Waals surface area contributed by atoms with Gasteiger partial charge in [0.05, 0.1) is 6.42 Å². The summed E-state index contributed by atoms with van der Waals surface area (Å²) in [7, 11) is 0. The average Bonchev–Trinajstić information content (AvgIpc) is 2.89. The second-order valence-corrected chi connectivity index (χ2v) is 5.90. The van der Waals surface area contributed by atoms with Crippen molar-refractivity contribution in [3.63, 3.8) is 0 Å². The van der Waals surface area contributed by atoms with Crippen LogP contribution in [0, 0.1) is 10.6 Å². The minimum Gasteiger partial charge on any atom is -0.265 e. The van der Waals surface area contributed by atoms with Crippen LogP contribution in [0.25, 0.3) is 11.1 Å². The molecule has 0 aliphatic carbocycles. The van der Waals surface area contributed by atoms with E-state index in [2.05, 4.69) is 15.1 Å². The van der Waals surface area contributed by atoms with E-state index >= 15 is 0 Å². The highest BCUT2D eigenvalue weighted by Gasteiger charge is 2.31. The molecule has 1 aromatic carbocycles. The molecule has 3 aromatic rings. The predicted molar refractivity (Wildman–Crippen MR) is 82.4 cm³/mol. The molecule has 0 radical (unpaired) electrons. The summed E-state index contributed by atoms with van der Waals surface area (Å²) in [5.41, 5.74) is 4.00. The number of rotatable bonds is 1. The molecule has 0 amide bonds. The van der Waals surface area contributed by atoms with Gasteiger partial charge < -0.3 is 0 Å². The molecule has 0 fully saturated rings. The number of pyridine rings is 1. The van der Waals surface area contributed by atoms with Gasteiger partial charge in [0.15, 0.2) is 0 Å². The summed E-state index contributed by atoms with van der Waals surface area (Å²) < 4.78 is 16.7. The van der Waals surface area contributed by atoms with Crippen LogP contribution < -0.4 is 4.68 Å². The Hall–Kier alpha value is -2.34. The van der Waals surface area contributed by atoms with E-state index in [9.17, 15) is 4.39 Å². The molecular formula is C16H14FN4S+. The summed E-state index contributed by atoms with van der Waals surface area (Å²) in [4.78, 5) is 7.21. The number of halogens is 1. The van der Waals surface area contributed by atoms with Crippen molar-refractivity contribution in [3.05, 3.63) is 64.2 Å². The molecule has 0 spiro atoms. The molecule has 4 rings (SSSR count). The second kappa shape index (κ2) is 4.84. The van der Waals surface area contributed by atoms with Crippen LogP contribution in [0.5, 0.6) is 0 Å². The maximum atomic E-state index is 14.1. The standard InChI is InChI=1S/C16H13FN4S/c1-9-12-6-11(17)7-13(10-2-4-18-5-3-10)14(12)8-15-19-16(22)20-21(9)15/h2-7,9H,8H2,1H3,(H,20,22)/p+1. The monoisotopic (exact) mass is 313 g/mol. The van der Waals surface area contributed by atoms with Crippen LogP contribution in [0.4, 0.5) is 4.39 Å². The van der Waals surface area contributed by atoms with Crippen LogP contribution in [-0.2, 0) is 6.42 Å². The zero-order valence-electron chi connectivity index (χ0n) is 11.9. The van der Waals surface area contributed by atoms with Crippen LogP contribution in [-0.4, -0.2) is 15.1 Å². The molecule has 22 heavy (non-hydrogen) atoms. The maximum absolute atomic E-state index is 14.1. The number of hydrogen-bond donors (Lipinski definition) is 2. The first-order valence-electron chi connectivity index (χ1n) is 7.09. The Morgan fingerprint density at radius 3 is 2.86 bits per heavy atom. The number of aromatic nitrogens is 4. The summed E-state index contributed by atoms with van der Waals surface area (Å²) in [6.45, 7) is 2.04. The molecule has 3 heterocycles. The molecular weight excluding hydrogens is 299 g/mol. The van der Waals surface area contributed by atoms with Gasteiger partial charge in [0, 0.05) is 18.0 Å². The molecule has 2 N–H and O–H groups in total. The topological polar surface area (TPSA) is 48.4 Å². The lowest BCUT2D eigenvalue weighted by atomic mass is 9.88. The Bertz CT molecular complexity index is 914. The van der Waals surface area contributed by atoms with Gasteiger partial charge in [0.1, 0.15) is 11.9 Å². The SMILES string of the molecule is CC1c2cc(F)cc(-c3ccncc3)c2Cc2[nH]c(=S)[nH][n+]21. The molecule has 0 bridgehead atoms. The predicted octanol–water partition coefficient (Wildman–Crippen LogP) is 3.07. The molecule has 110 valence electrons. The first kappa shape index (κ1) is 13.3. The number of H-pyrrole nitrogens is 2. The van der Waals surface area contributed by atoms with E-state index < -0.39 is 0 Å². The minimum atomic E-state index is -0.226. The summed E-state index contributed by atoms with van der Waals surface area (Å²) >= 11 is 5.18. The third-order valence-corrected chi connectivity index (χ3v) is 4.39. The first-order valence-corrected chi connectivity index (χ1v) is 7.50. The summed E-state index contributed by atoms with van der Waals surface area (Å²) in [5.74, 6) is 0.780. The van der Waals surface area contributed by atoms with Gasteiger partial charge in [-0.15, -0.1) is 0 Å². The Morgan fingerprint density at radius 2 is 2.09 bits per heavy atom. The van der Waals surface area contributed by atoms with Crippen LogP contribution in [0.3, 0.4) is 0 Å². The number of nitrogens with one attached hydrogen (secondary N) is 2. The lowest BCUT2D eigenvalue weighted by molar-refractivity contribution is -0.772. The Balaban J connectivity index is 1.97. The first-order chi connectivity index (χ1) is 10.6. The summed E-state index contributed by atoms with van der Waals surface area (Å²) in [5, 5.41) is 3.11. The largest absolute Gasteiger partial charge is 0.296 e. The molecule has 4 nitrogen and oxygen atoms in total. The number of nitrogens with zero attached hydrogens (tertiary/aromatic N) is 2. The fourth-order valence-corrected chi connectivity index (χ4v) is 3.40. The minimum absolute atomic E-state index is 0.00277. The number of hydrogen-bond acceptors (Lipinski definition) is 2. The van der Waals surface area contributed by atoms with E-state index in [1.165, 1.54) is 0 Å². The van der Waals surface area contributed by atoms with Crippen molar-refractivity contribution >= 4 is 12.2 Å². The quantitative estimate of drug-likeness (QED) is 0.536. The third-order valence-electron chi connectivity index (χ3n) is 4.19. The molecule has 1 aliphatic heterocycles. The number of benzene rings is 1. The van der Waals surface area contributed by atoms with Crippen molar-refractivity contribution in [3.8, 4) is 11.1 Å². The Morgan fingerprint density at radius 1 is 1.32 bits per heavy atom. The van der Waals surface area contributed by atoms with E-state index in [4.69, 9.17) is 12.2 Å². The van der Waals surface area contributed by atoms with Crippen LogP contribution in [0.2, 0.25) is 0 Å². The highest BCUT2D eigenvalue weighted by atomic mass is 32.1. The number of aromatic amines is 2. The Kier molecular flexibility index (Phi) is 2.94. The van der Waals surface area contributed by atoms with E-state index in [-0.39, 0.29) is 11.9 Å². The second-order valence-electron chi connectivity index (χ2n) is 5.49. The van der Waals surface area contributed by atoms with Crippen molar-refractivity contribution in [2.75, 3.05) is 0 Å². The van der Waals surface area contributed by atoms with Crippen molar-refractivity contribution in [2.45, 2.75) is 19.4 Å². The van der Waals surface area contributed by atoms with Gasteiger partial charge in [-0.3, -0.25) is 4.98 Å². The lowest BCUT2D eigenvalue weighted by Gasteiger charge is -2.22. The van der Waals surface area contributed by atoms with Gasteiger partial charge >= 0.3 is 0 Å². The molecule has 6 heteroatoms. The summed E-state index contributed by atoms with van der Waals surface area (Å²) in [6, 6.07) is 7.02. The molecule has 0 saturated carbocycles. The van der Waals surface area contributed by atoms with Gasteiger partial charge in [0.2, 0.25) is 0 Å². The van der Waals surface area contributed by atoms with E-state index in [0.717, 1.165) is 28.1 Å². The van der Waals surface area contributed by atoms with Crippen LogP contribution in [0.15, 0.2) is 36.7 Å². The highest BCUT2D eigenvalue weighted by Crippen LogP contribution is 2.34. The Labute approximate surface area is 131 Å². The van der Waals surface area contributed by atoms with Gasteiger partial charge in [-0.05, 0) is 60.1 Å². The smallest absolute Gasteiger partial charge is 0.265 e. The fraction of sp³-hybridized carbons (Fsp3) is 0.188. The summed E-state index contributed by atoms with van der Waals surface area (Å²) in [6.07, 6.45) is 4.14. The molecule has 1 unspecified atom stereocenters. The molecule has 2 aromatic heterocycles. The van der Waals surface area contributed by atoms with Crippen LogP contribution in [0.1, 0.15) is 29.9 Å². The molecule has 1 aliphatic rings. The lowest BCUT2D eigenvalue weighted by Crippen LogP contribution is -2.47. The zero-order chi connectivity index (χ0) is 15.3. The van der Waals surface area contributed by atoms with Gasteiger partial charge in [-0.1, -0.05) is 0 Å². The normalized spacial score (nSPS) is 16.2. The van der Waals surface area contributed by atoms with E-state index in [0.29, 0.717) is 11.2 Å². The highest BCUT2D eigenvalue weighted by molar-refractivity contribution is 7.71. The van der Waals surface area contributed by atoms with Crippen molar-refractivity contribution in [1.82, 2.24) is 15.1 Å². The van der Waals surface area contributed by atoms with Crippen molar-refractivity contribution in [2.24, 2.45) is 0 Å². The van der Waals surface area contributed by atoms with Gasteiger partial charge in [-0.25, -0.2) is 9.37 Å². The van der Waals surface area contributed by atoms with Crippen molar-refractivity contribution in [1.29, 1.82) is 0 Å². The van der Waals surface area contributed by atoms with Crippen molar-refractivity contribution < 1.29 is 9.07 Å². The zero-order valence-corrected chi connectivity index (χ0v) is 12.7. The third kappa shape index (κ3) is 1.99. The molecule has 1 atom stereocenters. The van der Waals surface area contributed by atoms with E-state index in [1.807, 2.05) is 23.7 Å². The van der Waals surface area contributed by atoms with Gasteiger partial charge in [-0.2, -0.15) is 9.78 Å². The van der Waals surface area contributed by atoms with Crippen LogP contribution >= 0.6 is 12.2 Å². The van der Waals surface area contributed by atoms with E-state index in [1.54, 1.807) is 24.5 Å². The molecule has 0 saturated heterocycles. The number of fused-ring (bicyclic) bond motifs is 2. The fourth-order valence-electron chi connectivity index (χ4n) is 3.18. The van der Waals surface area contributed by atoms with Gasteiger partial charge in [0.25, 0.3) is 10.6 Å².